The third-order valence-corrected chi connectivity index (χ3v) is 2.93. The zero-order valence-corrected chi connectivity index (χ0v) is 10.5. The van der Waals surface area contributed by atoms with Crippen molar-refractivity contribution in [3.8, 4) is 0 Å². The fourth-order valence-corrected chi connectivity index (χ4v) is 2.26. The number of likely N-dealkylation sites (N-methyl/N-ethyl adjacent to an activating group) is 1. The first-order valence-corrected chi connectivity index (χ1v) is 6.33. The van der Waals surface area contributed by atoms with E-state index in [2.05, 4.69) is 31.0 Å². The van der Waals surface area contributed by atoms with Crippen LogP contribution in [0, 0.1) is 0 Å². The first kappa shape index (κ1) is 12.9. The van der Waals surface area contributed by atoms with Crippen LogP contribution in [0.2, 0.25) is 0 Å². The molecule has 3 heteroatoms. The minimum atomic E-state index is 0.405. The maximum atomic E-state index is 5.55. The molecule has 0 aromatic carbocycles. The number of hydrogen-bond donors (Lipinski definition) is 1. The van der Waals surface area contributed by atoms with E-state index in [0.29, 0.717) is 12.1 Å². The van der Waals surface area contributed by atoms with Crippen LogP contribution in [0.1, 0.15) is 33.6 Å². The van der Waals surface area contributed by atoms with Gasteiger partial charge in [-0.15, -0.1) is 0 Å². The molecule has 1 N–H and O–H groups in total. The Morgan fingerprint density at radius 1 is 1.47 bits per heavy atom. The van der Waals surface area contributed by atoms with E-state index in [1.807, 2.05) is 0 Å². The van der Waals surface area contributed by atoms with E-state index < -0.39 is 0 Å². The van der Waals surface area contributed by atoms with Crippen LogP contribution in [0.5, 0.6) is 0 Å². The van der Waals surface area contributed by atoms with Gasteiger partial charge in [0.1, 0.15) is 0 Å². The lowest BCUT2D eigenvalue weighted by atomic mass is 10.1. The minimum absolute atomic E-state index is 0.405. The van der Waals surface area contributed by atoms with E-state index in [9.17, 15) is 0 Å². The number of nitrogens with zero attached hydrogens (tertiary/aromatic N) is 1. The second-order valence-electron chi connectivity index (χ2n) is 4.48. The van der Waals surface area contributed by atoms with Gasteiger partial charge in [-0.1, -0.05) is 20.3 Å². The van der Waals surface area contributed by atoms with Crippen LogP contribution in [0.25, 0.3) is 0 Å². The summed E-state index contributed by atoms with van der Waals surface area (Å²) in [7, 11) is 0. The Kier molecular flexibility index (Phi) is 6.22. The quantitative estimate of drug-likeness (QED) is 0.725. The second-order valence-corrected chi connectivity index (χ2v) is 4.48. The maximum Gasteiger partial charge on any atom is 0.0674 e. The molecule has 2 atom stereocenters. The number of rotatable bonds is 6. The van der Waals surface area contributed by atoms with Gasteiger partial charge in [-0.3, -0.25) is 4.90 Å². The van der Waals surface area contributed by atoms with Crippen molar-refractivity contribution in [2.24, 2.45) is 0 Å². The van der Waals surface area contributed by atoms with Gasteiger partial charge in [0.05, 0.1) is 12.7 Å². The van der Waals surface area contributed by atoms with Gasteiger partial charge in [0.2, 0.25) is 0 Å². The molecule has 0 aromatic rings. The first-order chi connectivity index (χ1) is 7.26. The molecular weight excluding hydrogens is 188 g/mol. The Morgan fingerprint density at radius 3 is 2.87 bits per heavy atom. The van der Waals surface area contributed by atoms with Gasteiger partial charge >= 0.3 is 0 Å². The van der Waals surface area contributed by atoms with Crippen molar-refractivity contribution >= 4 is 0 Å². The summed E-state index contributed by atoms with van der Waals surface area (Å²) in [5, 5.41) is 3.56. The van der Waals surface area contributed by atoms with Crippen LogP contribution in [0.15, 0.2) is 0 Å². The van der Waals surface area contributed by atoms with Crippen LogP contribution < -0.4 is 5.32 Å². The molecule has 1 heterocycles. The summed E-state index contributed by atoms with van der Waals surface area (Å²) in [6.07, 6.45) is 2.94. The van der Waals surface area contributed by atoms with Gasteiger partial charge in [-0.25, -0.2) is 0 Å². The van der Waals surface area contributed by atoms with E-state index in [1.165, 1.54) is 19.4 Å². The Morgan fingerprint density at radius 2 is 2.27 bits per heavy atom. The predicted molar refractivity (Wildman–Crippen MR) is 64.2 cm³/mol. The largest absolute Gasteiger partial charge is 0.376 e. The summed E-state index contributed by atoms with van der Waals surface area (Å²) < 4.78 is 5.55. The SMILES string of the molecule is CCCC(CN1CCOC(C)C1)NCC. The molecule has 1 aliphatic rings. The molecule has 1 rings (SSSR count). The molecule has 90 valence electrons. The van der Waals surface area contributed by atoms with Crippen LogP contribution in [-0.2, 0) is 4.74 Å². The van der Waals surface area contributed by atoms with Crippen LogP contribution in [0.4, 0.5) is 0 Å². The average molecular weight is 214 g/mol. The number of morpholine rings is 1. The molecule has 0 aliphatic carbocycles. The summed E-state index contributed by atoms with van der Waals surface area (Å²) >= 11 is 0. The molecule has 15 heavy (non-hydrogen) atoms. The lowest BCUT2D eigenvalue weighted by Gasteiger charge is -2.33. The minimum Gasteiger partial charge on any atom is -0.376 e. The zero-order valence-electron chi connectivity index (χ0n) is 10.5. The second kappa shape index (κ2) is 7.20. The molecule has 0 spiro atoms. The van der Waals surface area contributed by atoms with Crippen LogP contribution in [0.3, 0.4) is 0 Å². The van der Waals surface area contributed by atoms with Gasteiger partial charge in [0.25, 0.3) is 0 Å². The first-order valence-electron chi connectivity index (χ1n) is 6.33. The summed E-state index contributed by atoms with van der Waals surface area (Å²) in [5.74, 6) is 0. The monoisotopic (exact) mass is 214 g/mol. The third kappa shape index (κ3) is 4.96. The highest BCUT2D eigenvalue weighted by Crippen LogP contribution is 2.07. The maximum absolute atomic E-state index is 5.55. The van der Waals surface area contributed by atoms with Crippen molar-refractivity contribution in [3.63, 3.8) is 0 Å². The number of hydrogen-bond acceptors (Lipinski definition) is 3. The number of nitrogens with one attached hydrogen (secondary N) is 1. The Labute approximate surface area is 94.2 Å². The molecule has 2 unspecified atom stereocenters. The summed E-state index contributed by atoms with van der Waals surface area (Å²) in [4.78, 5) is 2.52. The van der Waals surface area contributed by atoms with E-state index in [4.69, 9.17) is 4.74 Å². The molecule has 0 amide bonds. The van der Waals surface area contributed by atoms with Gasteiger partial charge in [0, 0.05) is 25.7 Å². The van der Waals surface area contributed by atoms with Crippen molar-refractivity contribution < 1.29 is 4.74 Å². The molecule has 0 aromatic heterocycles. The molecular formula is C12H26N2O. The summed E-state index contributed by atoms with van der Waals surface area (Å²) in [6, 6.07) is 0.658. The topological polar surface area (TPSA) is 24.5 Å². The van der Waals surface area contributed by atoms with E-state index in [-0.39, 0.29) is 0 Å². The van der Waals surface area contributed by atoms with Gasteiger partial charge < -0.3 is 10.1 Å². The molecule has 1 fully saturated rings. The standard InChI is InChI=1S/C12H26N2O/c1-4-6-12(13-5-2)10-14-7-8-15-11(3)9-14/h11-13H,4-10H2,1-3H3. The van der Waals surface area contributed by atoms with Gasteiger partial charge in [0.15, 0.2) is 0 Å². The van der Waals surface area contributed by atoms with Crippen molar-refractivity contribution in [2.45, 2.75) is 45.8 Å². The average Bonchev–Trinajstić information content (AvgIpc) is 2.18. The predicted octanol–water partition coefficient (Wildman–Crippen LogP) is 1.49. The Balaban J connectivity index is 2.28. The number of ether oxygens (including phenoxy) is 1. The Bertz CT molecular complexity index is 155. The lowest BCUT2D eigenvalue weighted by Crippen LogP contribution is -2.47. The molecule has 1 saturated heterocycles. The zero-order chi connectivity index (χ0) is 11.1. The van der Waals surface area contributed by atoms with E-state index in [0.717, 1.165) is 26.2 Å². The van der Waals surface area contributed by atoms with Crippen molar-refractivity contribution in [2.75, 3.05) is 32.8 Å². The molecule has 0 saturated carbocycles. The highest BCUT2D eigenvalue weighted by Gasteiger charge is 2.19. The normalized spacial score (nSPS) is 25.4. The van der Waals surface area contributed by atoms with E-state index >= 15 is 0 Å². The summed E-state index contributed by atoms with van der Waals surface area (Å²) in [6.45, 7) is 11.9. The highest BCUT2D eigenvalue weighted by atomic mass is 16.5. The highest BCUT2D eigenvalue weighted by molar-refractivity contribution is 4.75. The molecule has 0 radical (unpaired) electrons. The molecule has 0 bridgehead atoms. The third-order valence-electron chi connectivity index (χ3n) is 2.93. The van der Waals surface area contributed by atoms with Gasteiger partial charge in [-0.2, -0.15) is 0 Å². The van der Waals surface area contributed by atoms with Crippen molar-refractivity contribution in [3.05, 3.63) is 0 Å². The summed E-state index contributed by atoms with van der Waals surface area (Å²) in [5.41, 5.74) is 0. The fourth-order valence-electron chi connectivity index (χ4n) is 2.26. The van der Waals surface area contributed by atoms with Crippen molar-refractivity contribution in [1.82, 2.24) is 10.2 Å². The smallest absolute Gasteiger partial charge is 0.0674 e. The van der Waals surface area contributed by atoms with Crippen molar-refractivity contribution in [1.29, 1.82) is 0 Å². The van der Waals surface area contributed by atoms with Crippen LogP contribution in [-0.4, -0.2) is 49.8 Å². The lowest BCUT2D eigenvalue weighted by molar-refractivity contribution is -0.0211. The molecule has 1 aliphatic heterocycles. The van der Waals surface area contributed by atoms with Gasteiger partial charge in [-0.05, 0) is 19.9 Å². The fraction of sp³-hybridized carbons (Fsp3) is 1.00. The van der Waals surface area contributed by atoms with Crippen LogP contribution >= 0.6 is 0 Å². The van der Waals surface area contributed by atoms with E-state index in [1.54, 1.807) is 0 Å². The Hall–Kier alpha value is -0.120. The molecule has 3 nitrogen and oxygen atoms in total.